The highest BCUT2D eigenvalue weighted by atomic mass is 79.9. The number of hydrogen-bond donors (Lipinski definition) is 1. The molecule has 2 heterocycles. The highest BCUT2D eigenvalue weighted by Gasteiger charge is 2.30. The molecular weight excluding hydrogens is 322 g/mol. The fourth-order valence-electron chi connectivity index (χ4n) is 2.52. The largest absolute Gasteiger partial charge is 0.347 e. The first-order valence-corrected chi connectivity index (χ1v) is 7.55. The van der Waals surface area contributed by atoms with Crippen LogP contribution in [-0.4, -0.2) is 65.3 Å². The van der Waals surface area contributed by atoms with Gasteiger partial charge in [-0.25, -0.2) is 0 Å². The second kappa shape index (κ2) is 6.24. The smallest absolute Gasteiger partial charge is 0.240 e. The first kappa shape index (κ1) is 15.5. The fourth-order valence-corrected chi connectivity index (χ4v) is 2.98. The lowest BCUT2D eigenvalue weighted by Crippen LogP contribution is -2.57. The first-order valence-electron chi connectivity index (χ1n) is 6.75. The van der Waals surface area contributed by atoms with Crippen LogP contribution in [0.2, 0.25) is 0 Å². The lowest BCUT2D eigenvalue weighted by molar-refractivity contribution is -0.135. The van der Waals surface area contributed by atoms with E-state index in [1.807, 2.05) is 18.7 Å². The maximum atomic E-state index is 12.3. The normalized spacial score (nSPS) is 20.1. The van der Waals surface area contributed by atoms with Gasteiger partial charge in [-0.1, -0.05) is 0 Å². The van der Waals surface area contributed by atoms with E-state index in [-0.39, 0.29) is 11.9 Å². The molecule has 1 atom stereocenters. The standard InChI is InChI=1S/C13H22BrN5O/c1-9-12(14)11(18(4)16-9)8-19-6-5-15-7-10(19)13(20)17(2)3/h10,15H,5-8H2,1-4H3. The van der Waals surface area contributed by atoms with Crippen molar-refractivity contribution in [3.05, 3.63) is 15.9 Å². The number of piperazine rings is 1. The summed E-state index contributed by atoms with van der Waals surface area (Å²) >= 11 is 3.59. The molecule has 7 heteroatoms. The van der Waals surface area contributed by atoms with Crippen LogP contribution in [0.3, 0.4) is 0 Å². The number of aromatic nitrogens is 2. The molecular formula is C13H22BrN5O. The molecule has 20 heavy (non-hydrogen) atoms. The third kappa shape index (κ3) is 3.05. The quantitative estimate of drug-likeness (QED) is 0.860. The van der Waals surface area contributed by atoms with Crippen LogP contribution >= 0.6 is 15.9 Å². The molecule has 1 unspecified atom stereocenters. The number of amides is 1. The molecule has 1 aliphatic heterocycles. The Labute approximate surface area is 128 Å². The molecule has 0 aromatic carbocycles. The Morgan fingerprint density at radius 2 is 2.25 bits per heavy atom. The summed E-state index contributed by atoms with van der Waals surface area (Å²) in [5.74, 6) is 0.146. The Hall–Kier alpha value is -0.920. The average Bonchev–Trinajstić information content (AvgIpc) is 2.65. The van der Waals surface area contributed by atoms with Gasteiger partial charge in [0, 0.05) is 47.3 Å². The third-order valence-electron chi connectivity index (χ3n) is 3.69. The van der Waals surface area contributed by atoms with Gasteiger partial charge in [-0.3, -0.25) is 14.4 Å². The van der Waals surface area contributed by atoms with Crippen LogP contribution in [0.4, 0.5) is 0 Å². The van der Waals surface area contributed by atoms with Crippen molar-refractivity contribution in [1.82, 2.24) is 24.9 Å². The van der Waals surface area contributed by atoms with Crippen LogP contribution in [0.25, 0.3) is 0 Å². The molecule has 0 radical (unpaired) electrons. The van der Waals surface area contributed by atoms with E-state index in [1.54, 1.807) is 19.0 Å². The van der Waals surface area contributed by atoms with E-state index in [9.17, 15) is 4.79 Å². The predicted octanol–water partition coefficient (Wildman–Crippen LogP) is 0.353. The van der Waals surface area contributed by atoms with Crippen LogP contribution in [0.15, 0.2) is 4.47 Å². The van der Waals surface area contributed by atoms with Gasteiger partial charge in [-0.2, -0.15) is 5.10 Å². The highest BCUT2D eigenvalue weighted by Crippen LogP contribution is 2.23. The summed E-state index contributed by atoms with van der Waals surface area (Å²) in [6, 6.07) is -0.110. The molecule has 1 saturated heterocycles. The topological polar surface area (TPSA) is 53.4 Å². The maximum absolute atomic E-state index is 12.3. The number of nitrogens with one attached hydrogen (secondary N) is 1. The van der Waals surface area contributed by atoms with Gasteiger partial charge in [-0.15, -0.1) is 0 Å². The lowest BCUT2D eigenvalue weighted by Gasteiger charge is -2.36. The summed E-state index contributed by atoms with van der Waals surface area (Å²) in [5.41, 5.74) is 2.09. The van der Waals surface area contributed by atoms with Crippen LogP contribution in [0, 0.1) is 6.92 Å². The van der Waals surface area contributed by atoms with Crippen molar-refractivity contribution in [2.45, 2.75) is 19.5 Å². The molecule has 0 spiro atoms. The Balaban J connectivity index is 2.19. The number of likely N-dealkylation sites (N-methyl/N-ethyl adjacent to an activating group) is 1. The van der Waals surface area contributed by atoms with E-state index < -0.39 is 0 Å². The summed E-state index contributed by atoms with van der Waals surface area (Å²) in [4.78, 5) is 16.2. The van der Waals surface area contributed by atoms with Crippen LogP contribution in [0.1, 0.15) is 11.4 Å². The van der Waals surface area contributed by atoms with E-state index in [1.165, 1.54) is 0 Å². The number of nitrogens with zero attached hydrogens (tertiary/aromatic N) is 4. The highest BCUT2D eigenvalue weighted by molar-refractivity contribution is 9.10. The van der Waals surface area contributed by atoms with Gasteiger partial charge >= 0.3 is 0 Å². The van der Waals surface area contributed by atoms with Crippen molar-refractivity contribution in [3.63, 3.8) is 0 Å². The molecule has 2 rings (SSSR count). The maximum Gasteiger partial charge on any atom is 0.240 e. The first-order chi connectivity index (χ1) is 9.41. The molecule has 112 valence electrons. The molecule has 1 N–H and O–H groups in total. The number of halogens is 1. The van der Waals surface area contributed by atoms with Crippen LogP contribution < -0.4 is 5.32 Å². The summed E-state index contributed by atoms with van der Waals surface area (Å²) in [6.07, 6.45) is 0. The Kier molecular flexibility index (Phi) is 4.82. The molecule has 1 aromatic heterocycles. The molecule has 0 bridgehead atoms. The molecule has 1 aliphatic rings. The number of rotatable bonds is 3. The fraction of sp³-hybridized carbons (Fsp3) is 0.692. The van der Waals surface area contributed by atoms with Crippen molar-refractivity contribution >= 4 is 21.8 Å². The van der Waals surface area contributed by atoms with Crippen molar-refractivity contribution in [2.24, 2.45) is 7.05 Å². The third-order valence-corrected chi connectivity index (χ3v) is 4.73. The van der Waals surface area contributed by atoms with E-state index in [0.717, 1.165) is 35.5 Å². The number of carbonyl (C=O) groups excluding carboxylic acids is 1. The van der Waals surface area contributed by atoms with Gasteiger partial charge in [-0.05, 0) is 22.9 Å². The second-order valence-electron chi connectivity index (χ2n) is 5.39. The Morgan fingerprint density at radius 1 is 1.55 bits per heavy atom. The summed E-state index contributed by atoms with van der Waals surface area (Å²) in [7, 11) is 5.55. The summed E-state index contributed by atoms with van der Waals surface area (Å²) < 4.78 is 2.92. The minimum Gasteiger partial charge on any atom is -0.347 e. The predicted molar refractivity (Wildman–Crippen MR) is 81.4 cm³/mol. The van der Waals surface area contributed by atoms with Gasteiger partial charge < -0.3 is 10.2 Å². The Bertz CT molecular complexity index is 499. The molecule has 1 aromatic rings. The molecule has 6 nitrogen and oxygen atoms in total. The van der Waals surface area contributed by atoms with Crippen LogP contribution in [-0.2, 0) is 18.4 Å². The number of carbonyl (C=O) groups is 1. The zero-order chi connectivity index (χ0) is 14.9. The second-order valence-corrected chi connectivity index (χ2v) is 6.19. The molecule has 1 amide bonds. The molecule has 0 saturated carbocycles. The zero-order valence-electron chi connectivity index (χ0n) is 12.5. The van der Waals surface area contributed by atoms with Gasteiger partial charge in [0.15, 0.2) is 0 Å². The molecule has 0 aliphatic carbocycles. The van der Waals surface area contributed by atoms with E-state index in [0.29, 0.717) is 6.54 Å². The van der Waals surface area contributed by atoms with Gasteiger partial charge in [0.2, 0.25) is 5.91 Å². The minimum absolute atomic E-state index is 0.110. The summed E-state index contributed by atoms with van der Waals surface area (Å²) in [5, 5.41) is 7.71. The van der Waals surface area contributed by atoms with E-state index in [2.05, 4.69) is 31.2 Å². The van der Waals surface area contributed by atoms with Gasteiger partial charge in [0.1, 0.15) is 6.04 Å². The van der Waals surface area contributed by atoms with Crippen molar-refractivity contribution in [1.29, 1.82) is 0 Å². The lowest BCUT2D eigenvalue weighted by atomic mass is 10.1. The van der Waals surface area contributed by atoms with Crippen molar-refractivity contribution in [2.75, 3.05) is 33.7 Å². The van der Waals surface area contributed by atoms with E-state index in [4.69, 9.17) is 0 Å². The SMILES string of the molecule is Cc1nn(C)c(CN2CCNCC2C(=O)N(C)C)c1Br. The number of aryl methyl sites for hydroxylation is 2. The average molecular weight is 344 g/mol. The minimum atomic E-state index is -0.110. The van der Waals surface area contributed by atoms with Gasteiger partial charge in [0.05, 0.1) is 15.9 Å². The Morgan fingerprint density at radius 3 is 2.80 bits per heavy atom. The zero-order valence-corrected chi connectivity index (χ0v) is 14.1. The van der Waals surface area contributed by atoms with Crippen molar-refractivity contribution in [3.8, 4) is 0 Å². The van der Waals surface area contributed by atoms with Gasteiger partial charge in [0.25, 0.3) is 0 Å². The van der Waals surface area contributed by atoms with Crippen molar-refractivity contribution < 1.29 is 4.79 Å². The van der Waals surface area contributed by atoms with E-state index >= 15 is 0 Å². The van der Waals surface area contributed by atoms with Crippen LogP contribution in [0.5, 0.6) is 0 Å². The molecule has 1 fully saturated rings. The summed E-state index contributed by atoms with van der Waals surface area (Å²) in [6.45, 7) is 5.18. The monoisotopic (exact) mass is 343 g/mol. The number of hydrogen-bond acceptors (Lipinski definition) is 4.